The van der Waals surface area contributed by atoms with Crippen LogP contribution in [0.4, 0.5) is 0 Å². The predicted octanol–water partition coefficient (Wildman–Crippen LogP) is 9.64. The van der Waals surface area contributed by atoms with E-state index in [4.69, 9.17) is 4.98 Å². The van der Waals surface area contributed by atoms with Gasteiger partial charge in [0.25, 0.3) is 0 Å². The summed E-state index contributed by atoms with van der Waals surface area (Å²) in [6.07, 6.45) is 2.06. The van der Waals surface area contributed by atoms with Crippen molar-refractivity contribution < 1.29 is 0 Å². The average molecular weight is 516 g/mol. The van der Waals surface area contributed by atoms with Crippen LogP contribution in [0.2, 0.25) is 0 Å². The minimum atomic E-state index is 1.00. The van der Waals surface area contributed by atoms with Gasteiger partial charge in [0.05, 0.1) is 16.6 Å². The highest BCUT2D eigenvalue weighted by Crippen LogP contribution is 2.42. The van der Waals surface area contributed by atoms with Crippen molar-refractivity contribution in [1.82, 2.24) is 14.1 Å². The summed E-state index contributed by atoms with van der Waals surface area (Å²) in [7, 11) is 0. The number of para-hydroxylation sites is 3. The molecule has 0 amide bonds. The molecule has 39 heavy (non-hydrogen) atoms. The first-order chi connectivity index (χ1) is 19.4. The maximum Gasteiger partial charge on any atom is 0.147 e. The Labute approximate surface area is 227 Å². The number of rotatable bonds is 2. The van der Waals surface area contributed by atoms with Crippen LogP contribution in [0.3, 0.4) is 0 Å². The van der Waals surface area contributed by atoms with Crippen LogP contribution in [0, 0.1) is 0 Å². The molecule has 4 heteroatoms. The standard InChI is InChI=1S/C35H21N3S/c1-2-10-22(11-3-1)37-29-15-7-4-12-24(29)27-20-23(18-19-31(27)37)38-30-16-8-5-14-26(30)33-34-28(21-36-35(33)38)25-13-6-9-17-32(25)39-34/h1-21H. The van der Waals surface area contributed by atoms with E-state index in [0.717, 1.165) is 11.3 Å². The third-order valence-corrected chi connectivity index (χ3v) is 9.16. The zero-order valence-electron chi connectivity index (χ0n) is 20.9. The maximum atomic E-state index is 5.10. The van der Waals surface area contributed by atoms with E-state index in [1.165, 1.54) is 64.0 Å². The fourth-order valence-corrected chi connectivity index (χ4v) is 7.52. The lowest BCUT2D eigenvalue weighted by Gasteiger charge is -2.10. The SMILES string of the molecule is c1ccc(-n2c3ccccc3c3cc(-n4c5ccccc5c5c6sc7ccccc7c6cnc54)ccc32)cc1. The van der Waals surface area contributed by atoms with Gasteiger partial charge in [-0.3, -0.25) is 4.57 Å². The molecule has 0 atom stereocenters. The van der Waals surface area contributed by atoms with Crippen LogP contribution in [-0.2, 0) is 0 Å². The van der Waals surface area contributed by atoms with Crippen molar-refractivity contribution in [2.45, 2.75) is 0 Å². The molecule has 182 valence electrons. The highest BCUT2D eigenvalue weighted by atomic mass is 32.1. The largest absolute Gasteiger partial charge is 0.309 e. The molecule has 0 radical (unpaired) electrons. The van der Waals surface area contributed by atoms with Crippen LogP contribution >= 0.6 is 11.3 Å². The Morgan fingerprint density at radius 2 is 1.15 bits per heavy atom. The van der Waals surface area contributed by atoms with E-state index in [2.05, 4.69) is 137 Å². The zero-order chi connectivity index (χ0) is 25.5. The molecule has 3 nitrogen and oxygen atoms in total. The van der Waals surface area contributed by atoms with Crippen molar-refractivity contribution >= 4 is 75.3 Å². The molecule has 0 unspecified atom stereocenters. The quantitative estimate of drug-likeness (QED) is 0.225. The molecule has 4 heterocycles. The normalized spacial score (nSPS) is 12.1. The van der Waals surface area contributed by atoms with Gasteiger partial charge in [0, 0.05) is 59.3 Å². The number of thiophene rings is 1. The molecule has 4 aromatic heterocycles. The maximum absolute atomic E-state index is 5.10. The number of aromatic nitrogens is 3. The number of hydrogen-bond acceptors (Lipinski definition) is 2. The summed E-state index contributed by atoms with van der Waals surface area (Å²) in [6.45, 7) is 0. The lowest BCUT2D eigenvalue weighted by molar-refractivity contribution is 1.14. The molecule has 9 rings (SSSR count). The highest BCUT2D eigenvalue weighted by molar-refractivity contribution is 7.26. The molecule has 0 N–H and O–H groups in total. The molecule has 5 aromatic carbocycles. The van der Waals surface area contributed by atoms with Gasteiger partial charge in [-0.25, -0.2) is 4.98 Å². The topological polar surface area (TPSA) is 22.8 Å². The number of fused-ring (bicyclic) bond motifs is 10. The Morgan fingerprint density at radius 3 is 2.00 bits per heavy atom. The summed E-state index contributed by atoms with van der Waals surface area (Å²) in [5.41, 5.74) is 6.88. The molecular formula is C35H21N3S. The molecule has 0 fully saturated rings. The smallest absolute Gasteiger partial charge is 0.147 e. The second-order valence-electron chi connectivity index (χ2n) is 10.0. The van der Waals surface area contributed by atoms with Crippen molar-refractivity contribution in [1.29, 1.82) is 0 Å². The van der Waals surface area contributed by atoms with Crippen molar-refractivity contribution in [3.8, 4) is 11.4 Å². The van der Waals surface area contributed by atoms with E-state index >= 15 is 0 Å². The first-order valence-electron chi connectivity index (χ1n) is 13.2. The Hall–Kier alpha value is -4.93. The number of hydrogen-bond donors (Lipinski definition) is 0. The van der Waals surface area contributed by atoms with Crippen LogP contribution < -0.4 is 0 Å². The molecule has 0 aliphatic heterocycles. The summed E-state index contributed by atoms with van der Waals surface area (Å²) in [5, 5.41) is 7.46. The number of benzene rings is 5. The van der Waals surface area contributed by atoms with Gasteiger partial charge in [-0.2, -0.15) is 0 Å². The molecule has 0 aliphatic carbocycles. The van der Waals surface area contributed by atoms with Crippen molar-refractivity contribution in [2.24, 2.45) is 0 Å². The zero-order valence-corrected chi connectivity index (χ0v) is 21.7. The van der Waals surface area contributed by atoms with E-state index in [9.17, 15) is 0 Å². The fraction of sp³-hybridized carbons (Fsp3) is 0. The van der Waals surface area contributed by atoms with Crippen molar-refractivity contribution in [2.75, 3.05) is 0 Å². The molecule has 0 saturated heterocycles. The second kappa shape index (κ2) is 7.79. The summed E-state index contributed by atoms with van der Waals surface area (Å²) in [5.74, 6) is 0. The first-order valence-corrected chi connectivity index (χ1v) is 14.0. The minimum Gasteiger partial charge on any atom is -0.309 e. The minimum absolute atomic E-state index is 1.00. The van der Waals surface area contributed by atoms with E-state index in [-0.39, 0.29) is 0 Å². The number of nitrogens with zero attached hydrogens (tertiary/aromatic N) is 3. The van der Waals surface area contributed by atoms with E-state index in [0.29, 0.717) is 0 Å². The second-order valence-corrected chi connectivity index (χ2v) is 11.1. The molecule has 0 saturated carbocycles. The van der Waals surface area contributed by atoms with E-state index in [1.54, 1.807) is 0 Å². The average Bonchev–Trinajstić information content (AvgIpc) is 3.65. The van der Waals surface area contributed by atoms with Gasteiger partial charge in [0.15, 0.2) is 0 Å². The molecule has 0 bridgehead atoms. The lowest BCUT2D eigenvalue weighted by atomic mass is 10.1. The van der Waals surface area contributed by atoms with E-state index < -0.39 is 0 Å². The van der Waals surface area contributed by atoms with Gasteiger partial charge in [0.1, 0.15) is 5.65 Å². The summed E-state index contributed by atoms with van der Waals surface area (Å²) in [6, 6.07) is 43.5. The van der Waals surface area contributed by atoms with Gasteiger partial charge in [0.2, 0.25) is 0 Å². The monoisotopic (exact) mass is 515 g/mol. The Balaban J connectivity index is 1.39. The predicted molar refractivity (Wildman–Crippen MR) is 166 cm³/mol. The summed E-state index contributed by atoms with van der Waals surface area (Å²) >= 11 is 1.86. The molecule has 9 aromatic rings. The van der Waals surface area contributed by atoms with Gasteiger partial charge < -0.3 is 4.57 Å². The van der Waals surface area contributed by atoms with Gasteiger partial charge in [-0.15, -0.1) is 11.3 Å². The molecule has 0 spiro atoms. The Kier molecular flexibility index (Phi) is 4.21. The fourth-order valence-electron chi connectivity index (χ4n) is 6.29. The highest BCUT2D eigenvalue weighted by Gasteiger charge is 2.19. The van der Waals surface area contributed by atoms with Crippen LogP contribution in [-0.4, -0.2) is 14.1 Å². The molecule has 0 aliphatic rings. The van der Waals surface area contributed by atoms with Gasteiger partial charge in [-0.05, 0) is 48.5 Å². The van der Waals surface area contributed by atoms with Crippen molar-refractivity contribution in [3.05, 3.63) is 128 Å². The Morgan fingerprint density at radius 1 is 0.487 bits per heavy atom. The third-order valence-electron chi connectivity index (χ3n) is 7.96. The molecular weight excluding hydrogens is 494 g/mol. The lowest BCUT2D eigenvalue weighted by Crippen LogP contribution is -1.96. The van der Waals surface area contributed by atoms with Crippen LogP contribution in [0.15, 0.2) is 128 Å². The van der Waals surface area contributed by atoms with Crippen molar-refractivity contribution in [3.63, 3.8) is 0 Å². The first kappa shape index (κ1) is 21.1. The van der Waals surface area contributed by atoms with E-state index in [1.807, 2.05) is 11.3 Å². The van der Waals surface area contributed by atoms with Crippen LogP contribution in [0.5, 0.6) is 0 Å². The summed E-state index contributed by atoms with van der Waals surface area (Å²) in [4.78, 5) is 5.10. The Bertz CT molecular complexity index is 2390. The van der Waals surface area contributed by atoms with Crippen LogP contribution in [0.25, 0.3) is 75.3 Å². The van der Waals surface area contributed by atoms with Gasteiger partial charge >= 0.3 is 0 Å². The third kappa shape index (κ3) is 2.84. The van der Waals surface area contributed by atoms with Crippen LogP contribution in [0.1, 0.15) is 0 Å². The van der Waals surface area contributed by atoms with Gasteiger partial charge in [-0.1, -0.05) is 72.8 Å². The number of pyridine rings is 1. The summed E-state index contributed by atoms with van der Waals surface area (Å²) < 4.78 is 7.30.